The zero-order valence-electron chi connectivity index (χ0n) is 15.6. The van der Waals surface area contributed by atoms with E-state index in [1.165, 1.54) is 24.3 Å². The van der Waals surface area contributed by atoms with Gasteiger partial charge in [0.2, 0.25) is 0 Å². The molecule has 4 aromatic carbocycles. The number of fused-ring (bicyclic) bond motifs is 1. The third-order valence-electron chi connectivity index (χ3n) is 4.43. The van der Waals surface area contributed by atoms with Crippen molar-refractivity contribution in [3.8, 4) is 5.75 Å². The van der Waals surface area contributed by atoms with Gasteiger partial charge in [-0.1, -0.05) is 30.3 Å². The van der Waals surface area contributed by atoms with E-state index < -0.39 is 10.1 Å². The Balaban J connectivity index is 1.61. The van der Waals surface area contributed by atoms with Crippen molar-refractivity contribution in [1.29, 1.82) is 0 Å². The minimum atomic E-state index is -4.32. The predicted molar refractivity (Wildman–Crippen MR) is 116 cm³/mol. The average Bonchev–Trinajstić information content (AvgIpc) is 2.74. The lowest BCUT2D eigenvalue weighted by molar-refractivity contribution is 0.477. The number of hydrogen-bond acceptors (Lipinski definition) is 6. The second-order valence-electron chi connectivity index (χ2n) is 6.53. The number of azo groups is 1. The molecule has 0 bridgehead atoms. The molecule has 0 saturated heterocycles. The Labute approximate surface area is 173 Å². The lowest BCUT2D eigenvalue weighted by Gasteiger charge is -2.07. The van der Waals surface area contributed by atoms with Crippen LogP contribution >= 0.6 is 0 Å². The lowest BCUT2D eigenvalue weighted by Crippen LogP contribution is -1.97. The molecule has 0 amide bonds. The zero-order valence-corrected chi connectivity index (χ0v) is 16.4. The molecule has 30 heavy (non-hydrogen) atoms. The van der Waals surface area contributed by atoms with Gasteiger partial charge in [0.15, 0.2) is 0 Å². The molecule has 0 heterocycles. The Morgan fingerprint density at radius 1 is 0.767 bits per heavy atom. The SMILES string of the molecule is O=S(=O)(O)c1ccc2c(N=Nc3ccc(Nc4ccccc4)cc3)c(O)ccc2c1. The topological polar surface area (TPSA) is 111 Å². The van der Waals surface area contributed by atoms with Crippen LogP contribution in [0.4, 0.5) is 22.7 Å². The summed E-state index contributed by atoms with van der Waals surface area (Å²) in [4.78, 5) is -0.231. The van der Waals surface area contributed by atoms with Gasteiger partial charge in [-0.2, -0.15) is 13.5 Å². The highest BCUT2D eigenvalue weighted by Gasteiger charge is 2.13. The third-order valence-corrected chi connectivity index (χ3v) is 5.28. The summed E-state index contributed by atoms with van der Waals surface area (Å²) in [5, 5.41) is 22.8. The Morgan fingerprint density at radius 2 is 1.47 bits per heavy atom. The molecular weight excluding hydrogens is 402 g/mol. The van der Waals surface area contributed by atoms with Gasteiger partial charge in [0, 0.05) is 16.8 Å². The lowest BCUT2D eigenvalue weighted by atomic mass is 10.1. The Kier molecular flexibility index (Phi) is 5.18. The first kappa shape index (κ1) is 19.6. The van der Waals surface area contributed by atoms with Crippen LogP contribution in [-0.4, -0.2) is 18.1 Å². The van der Waals surface area contributed by atoms with Crippen molar-refractivity contribution in [2.75, 3.05) is 5.32 Å². The number of rotatable bonds is 5. The molecule has 0 aliphatic carbocycles. The number of phenols is 1. The zero-order chi connectivity index (χ0) is 21.1. The first-order chi connectivity index (χ1) is 14.4. The van der Waals surface area contributed by atoms with Gasteiger partial charge in [-0.25, -0.2) is 0 Å². The van der Waals surface area contributed by atoms with Gasteiger partial charge in [0.25, 0.3) is 10.1 Å². The van der Waals surface area contributed by atoms with E-state index in [4.69, 9.17) is 0 Å². The van der Waals surface area contributed by atoms with E-state index >= 15 is 0 Å². The number of aromatic hydroxyl groups is 1. The van der Waals surface area contributed by atoms with Crippen molar-refractivity contribution >= 4 is 43.6 Å². The highest BCUT2D eigenvalue weighted by Crippen LogP contribution is 2.37. The van der Waals surface area contributed by atoms with E-state index in [1.807, 2.05) is 42.5 Å². The van der Waals surface area contributed by atoms with Gasteiger partial charge < -0.3 is 10.4 Å². The molecule has 150 valence electrons. The Morgan fingerprint density at radius 3 is 2.17 bits per heavy atom. The number of para-hydroxylation sites is 1. The molecule has 0 radical (unpaired) electrons. The van der Waals surface area contributed by atoms with Gasteiger partial charge in [0.05, 0.1) is 10.6 Å². The normalized spacial score (nSPS) is 11.8. The molecule has 3 N–H and O–H groups in total. The van der Waals surface area contributed by atoms with Crippen LogP contribution in [0.3, 0.4) is 0 Å². The molecular formula is C22H17N3O4S. The van der Waals surface area contributed by atoms with Crippen molar-refractivity contribution in [3.05, 3.63) is 84.9 Å². The Hall–Kier alpha value is -3.75. The number of phenolic OH excluding ortho intramolecular Hbond substituents is 1. The Bertz CT molecular complexity index is 1340. The fourth-order valence-corrected chi connectivity index (χ4v) is 3.47. The number of nitrogens with one attached hydrogen (secondary N) is 1. The summed E-state index contributed by atoms with van der Waals surface area (Å²) in [7, 11) is -4.32. The summed E-state index contributed by atoms with van der Waals surface area (Å²) in [6, 6.07) is 24.0. The molecule has 7 nitrogen and oxygen atoms in total. The van der Waals surface area contributed by atoms with Crippen LogP contribution in [0.2, 0.25) is 0 Å². The maximum absolute atomic E-state index is 11.3. The number of hydrogen-bond donors (Lipinski definition) is 3. The largest absolute Gasteiger partial charge is 0.506 e. The van der Waals surface area contributed by atoms with E-state index in [9.17, 15) is 18.1 Å². The predicted octanol–water partition coefficient (Wildman–Crippen LogP) is 5.95. The summed E-state index contributed by atoms with van der Waals surface area (Å²) in [5.74, 6) is -0.0896. The quantitative estimate of drug-likeness (QED) is 0.273. The van der Waals surface area contributed by atoms with Crippen LogP contribution in [0, 0.1) is 0 Å². The van der Waals surface area contributed by atoms with E-state index in [2.05, 4.69) is 15.5 Å². The van der Waals surface area contributed by atoms with Crippen molar-refractivity contribution in [2.45, 2.75) is 4.90 Å². The van der Waals surface area contributed by atoms with E-state index in [-0.39, 0.29) is 16.3 Å². The first-order valence-corrected chi connectivity index (χ1v) is 10.4. The van der Waals surface area contributed by atoms with Gasteiger partial charge in [-0.15, -0.1) is 5.11 Å². The van der Waals surface area contributed by atoms with Crippen molar-refractivity contribution in [2.24, 2.45) is 10.2 Å². The van der Waals surface area contributed by atoms with E-state index in [0.29, 0.717) is 16.5 Å². The second-order valence-corrected chi connectivity index (χ2v) is 7.95. The van der Waals surface area contributed by atoms with Gasteiger partial charge in [0.1, 0.15) is 11.4 Å². The van der Waals surface area contributed by atoms with Crippen LogP contribution in [0.15, 0.2) is 100 Å². The molecule has 0 spiro atoms. The van der Waals surface area contributed by atoms with Crippen molar-refractivity contribution in [1.82, 2.24) is 0 Å². The fourth-order valence-electron chi connectivity index (χ4n) is 2.95. The molecule has 0 unspecified atom stereocenters. The standard InChI is InChI=1S/C22H17N3O4S/c26-21-13-6-15-14-19(30(27,28)29)11-12-20(15)22(21)25-24-18-9-7-17(8-10-18)23-16-4-2-1-3-5-16/h1-14,23,26H,(H,27,28,29). The second kappa shape index (κ2) is 7.94. The van der Waals surface area contributed by atoms with Gasteiger partial charge in [-0.05, 0) is 60.0 Å². The van der Waals surface area contributed by atoms with Crippen molar-refractivity contribution < 1.29 is 18.1 Å². The molecule has 4 rings (SSSR count). The smallest absolute Gasteiger partial charge is 0.294 e. The van der Waals surface area contributed by atoms with Gasteiger partial charge >= 0.3 is 0 Å². The number of nitrogens with zero attached hydrogens (tertiary/aromatic N) is 2. The van der Waals surface area contributed by atoms with Crippen LogP contribution in [0.1, 0.15) is 0 Å². The summed E-state index contributed by atoms with van der Waals surface area (Å²) < 4.78 is 31.9. The molecule has 4 aromatic rings. The molecule has 0 aliphatic heterocycles. The highest BCUT2D eigenvalue weighted by molar-refractivity contribution is 7.85. The third kappa shape index (κ3) is 4.29. The molecule has 0 saturated carbocycles. The minimum Gasteiger partial charge on any atom is -0.506 e. The summed E-state index contributed by atoms with van der Waals surface area (Å²) in [6.07, 6.45) is 0. The first-order valence-electron chi connectivity index (χ1n) is 8.97. The van der Waals surface area contributed by atoms with Crippen LogP contribution in [0.5, 0.6) is 5.75 Å². The molecule has 0 aliphatic rings. The molecule has 8 heteroatoms. The average molecular weight is 419 g/mol. The van der Waals surface area contributed by atoms with Crippen molar-refractivity contribution in [3.63, 3.8) is 0 Å². The van der Waals surface area contributed by atoms with Crippen LogP contribution < -0.4 is 5.32 Å². The van der Waals surface area contributed by atoms with Gasteiger partial charge in [-0.3, -0.25) is 4.55 Å². The summed E-state index contributed by atoms with van der Waals surface area (Å²) >= 11 is 0. The number of benzene rings is 4. The highest BCUT2D eigenvalue weighted by atomic mass is 32.2. The number of anilines is 2. The van der Waals surface area contributed by atoms with E-state index in [1.54, 1.807) is 18.2 Å². The fraction of sp³-hybridized carbons (Fsp3) is 0. The monoisotopic (exact) mass is 419 g/mol. The van der Waals surface area contributed by atoms with Crippen LogP contribution in [-0.2, 0) is 10.1 Å². The van der Waals surface area contributed by atoms with Crippen LogP contribution in [0.25, 0.3) is 10.8 Å². The maximum atomic E-state index is 11.3. The molecule has 0 fully saturated rings. The molecule has 0 atom stereocenters. The maximum Gasteiger partial charge on any atom is 0.294 e. The minimum absolute atomic E-state index is 0.0896. The summed E-state index contributed by atoms with van der Waals surface area (Å²) in [5.41, 5.74) is 2.66. The summed E-state index contributed by atoms with van der Waals surface area (Å²) in [6.45, 7) is 0. The van der Waals surface area contributed by atoms with E-state index in [0.717, 1.165) is 11.4 Å². The molecule has 0 aromatic heterocycles.